The molecule has 0 N–H and O–H groups in total. The minimum absolute atomic E-state index is 1.24. The van der Waals surface area contributed by atoms with Gasteiger partial charge in [0, 0.05) is 0 Å². The minimum Gasteiger partial charge on any atom is -0.0845 e. The van der Waals surface area contributed by atoms with Gasteiger partial charge < -0.3 is 0 Å². The van der Waals surface area contributed by atoms with Crippen molar-refractivity contribution in [2.24, 2.45) is 0 Å². The molecule has 0 aromatic carbocycles. The molecule has 0 heteroatoms. The molecule has 1 rings (SSSR count). The third-order valence-corrected chi connectivity index (χ3v) is 4.10. The average molecular weight is 274 g/mol. The molecule has 114 valence electrons. The van der Waals surface area contributed by atoms with Crippen molar-refractivity contribution in [1.29, 1.82) is 0 Å². The largest absolute Gasteiger partial charge is 0.0845 e. The topological polar surface area (TPSA) is 0 Å². The fraction of sp³-hybridized carbons (Fsp3) is 0.700. The van der Waals surface area contributed by atoms with Gasteiger partial charge >= 0.3 is 0 Å². The fourth-order valence-corrected chi connectivity index (χ4v) is 2.77. The summed E-state index contributed by atoms with van der Waals surface area (Å²) in [5.41, 5.74) is 0. The lowest BCUT2D eigenvalue weighted by Gasteiger charge is -2.02. The van der Waals surface area contributed by atoms with E-state index in [0.29, 0.717) is 0 Å². The first kappa shape index (κ1) is 17.3. The molecule has 0 aliphatic heterocycles. The van der Waals surface area contributed by atoms with Crippen LogP contribution in [0, 0.1) is 0 Å². The predicted molar refractivity (Wildman–Crippen MR) is 92.1 cm³/mol. The highest BCUT2D eigenvalue weighted by Crippen LogP contribution is 2.13. The van der Waals surface area contributed by atoms with Crippen molar-refractivity contribution in [2.45, 2.75) is 89.9 Å². The van der Waals surface area contributed by atoms with Crippen LogP contribution in [0.15, 0.2) is 36.5 Å². The molecule has 0 radical (unpaired) electrons. The number of rotatable bonds is 0. The van der Waals surface area contributed by atoms with Crippen LogP contribution in [0.4, 0.5) is 0 Å². The van der Waals surface area contributed by atoms with Crippen LogP contribution in [0.1, 0.15) is 89.9 Å². The van der Waals surface area contributed by atoms with Gasteiger partial charge in [-0.2, -0.15) is 0 Å². The minimum atomic E-state index is 1.24. The summed E-state index contributed by atoms with van der Waals surface area (Å²) in [6.07, 6.45) is 33.0. The van der Waals surface area contributed by atoms with Crippen molar-refractivity contribution in [3.8, 4) is 0 Å². The van der Waals surface area contributed by atoms with Gasteiger partial charge in [0.25, 0.3) is 0 Å². The smallest absolute Gasteiger partial charge is 0.0348 e. The lowest BCUT2D eigenvalue weighted by atomic mass is 10.0. The van der Waals surface area contributed by atoms with E-state index < -0.39 is 0 Å². The summed E-state index contributed by atoms with van der Waals surface area (Å²) in [6, 6.07) is 0. The Morgan fingerprint density at radius 1 is 0.300 bits per heavy atom. The van der Waals surface area contributed by atoms with Crippen LogP contribution in [0.25, 0.3) is 0 Å². The molecule has 0 aromatic rings. The van der Waals surface area contributed by atoms with Gasteiger partial charge in [-0.05, 0) is 25.7 Å². The van der Waals surface area contributed by atoms with Gasteiger partial charge in [-0.1, -0.05) is 101 Å². The second-order valence-corrected chi connectivity index (χ2v) is 6.06. The fourth-order valence-electron chi connectivity index (χ4n) is 2.77. The van der Waals surface area contributed by atoms with Crippen molar-refractivity contribution in [3.63, 3.8) is 0 Å². The summed E-state index contributed by atoms with van der Waals surface area (Å²) in [6.45, 7) is 0. The van der Waals surface area contributed by atoms with Gasteiger partial charge in [-0.3, -0.25) is 0 Å². The summed E-state index contributed by atoms with van der Waals surface area (Å²) < 4.78 is 0. The molecule has 1 aliphatic carbocycles. The second kappa shape index (κ2) is 14.6. The maximum Gasteiger partial charge on any atom is -0.0348 e. The van der Waals surface area contributed by atoms with Gasteiger partial charge in [0.1, 0.15) is 0 Å². The second-order valence-electron chi connectivity index (χ2n) is 6.06. The first-order valence-electron chi connectivity index (χ1n) is 8.98. The first-order chi connectivity index (χ1) is 10.0. The zero-order valence-electron chi connectivity index (χ0n) is 13.4. The summed E-state index contributed by atoms with van der Waals surface area (Å²) in [5.74, 6) is 0. The SMILES string of the molecule is C1=CC=CCCCCCCCCCCCCCCC=C1. The quantitative estimate of drug-likeness (QED) is 0.440. The Labute approximate surface area is 127 Å². The normalized spacial score (nSPS) is 21.6. The van der Waals surface area contributed by atoms with E-state index in [4.69, 9.17) is 0 Å². The Hall–Kier alpha value is -0.780. The Morgan fingerprint density at radius 2 is 0.600 bits per heavy atom. The maximum absolute atomic E-state index is 2.31. The molecular formula is C20H34. The molecule has 0 spiro atoms. The van der Waals surface area contributed by atoms with Crippen LogP contribution in [0.5, 0.6) is 0 Å². The van der Waals surface area contributed by atoms with E-state index in [1.807, 2.05) is 0 Å². The molecule has 20 heavy (non-hydrogen) atoms. The third-order valence-electron chi connectivity index (χ3n) is 4.10. The molecule has 0 aromatic heterocycles. The zero-order valence-corrected chi connectivity index (χ0v) is 13.4. The molecule has 0 fully saturated rings. The van der Waals surface area contributed by atoms with E-state index in [1.54, 1.807) is 0 Å². The maximum atomic E-state index is 2.31. The van der Waals surface area contributed by atoms with Crippen molar-refractivity contribution in [1.82, 2.24) is 0 Å². The van der Waals surface area contributed by atoms with Crippen molar-refractivity contribution >= 4 is 0 Å². The van der Waals surface area contributed by atoms with Crippen LogP contribution in [-0.2, 0) is 0 Å². The van der Waals surface area contributed by atoms with Crippen molar-refractivity contribution in [3.05, 3.63) is 36.5 Å². The summed E-state index contributed by atoms with van der Waals surface area (Å²) in [5, 5.41) is 0. The molecule has 0 nitrogen and oxygen atoms in total. The molecular weight excluding hydrogens is 240 g/mol. The Balaban J connectivity index is 2.18. The Kier molecular flexibility index (Phi) is 12.6. The average Bonchev–Trinajstić information content (AvgIpc) is 2.46. The van der Waals surface area contributed by atoms with Gasteiger partial charge in [-0.15, -0.1) is 0 Å². The van der Waals surface area contributed by atoms with Crippen LogP contribution in [0.2, 0.25) is 0 Å². The standard InChI is InChI=1S/C20H34/c1-2-4-6-8-10-12-14-16-18-20-19-17-15-13-11-9-7-5-3-1/h1-6H,7-20H2. The highest BCUT2D eigenvalue weighted by atomic mass is 14.0. The van der Waals surface area contributed by atoms with E-state index in [9.17, 15) is 0 Å². The predicted octanol–water partition coefficient (Wildman–Crippen LogP) is 7.13. The lowest BCUT2D eigenvalue weighted by molar-refractivity contribution is 0.542. The van der Waals surface area contributed by atoms with Crippen LogP contribution in [-0.4, -0.2) is 0 Å². The highest BCUT2D eigenvalue weighted by molar-refractivity contribution is 5.10. The van der Waals surface area contributed by atoms with Crippen LogP contribution in [0.3, 0.4) is 0 Å². The van der Waals surface area contributed by atoms with Crippen LogP contribution < -0.4 is 0 Å². The number of hydrogen-bond donors (Lipinski definition) is 0. The number of hydrogen-bond acceptors (Lipinski definition) is 0. The third kappa shape index (κ3) is 12.3. The monoisotopic (exact) mass is 274 g/mol. The Bertz CT molecular complexity index is 242. The lowest BCUT2D eigenvalue weighted by Crippen LogP contribution is -1.83. The molecule has 0 heterocycles. The summed E-state index contributed by atoms with van der Waals surface area (Å²) in [4.78, 5) is 0. The molecule has 0 unspecified atom stereocenters. The first-order valence-corrected chi connectivity index (χ1v) is 8.98. The van der Waals surface area contributed by atoms with E-state index >= 15 is 0 Å². The molecule has 1 aliphatic rings. The molecule has 0 saturated heterocycles. The van der Waals surface area contributed by atoms with E-state index in [1.165, 1.54) is 89.9 Å². The summed E-state index contributed by atoms with van der Waals surface area (Å²) in [7, 11) is 0. The van der Waals surface area contributed by atoms with Crippen molar-refractivity contribution in [2.75, 3.05) is 0 Å². The Morgan fingerprint density at radius 3 is 0.950 bits per heavy atom. The van der Waals surface area contributed by atoms with E-state index in [-0.39, 0.29) is 0 Å². The van der Waals surface area contributed by atoms with Crippen LogP contribution >= 0.6 is 0 Å². The van der Waals surface area contributed by atoms with Gasteiger partial charge in [0.15, 0.2) is 0 Å². The highest BCUT2D eigenvalue weighted by Gasteiger charge is 1.93. The van der Waals surface area contributed by atoms with E-state index in [0.717, 1.165) is 0 Å². The van der Waals surface area contributed by atoms with Gasteiger partial charge in [-0.25, -0.2) is 0 Å². The van der Waals surface area contributed by atoms with Gasteiger partial charge in [0.05, 0.1) is 0 Å². The van der Waals surface area contributed by atoms with E-state index in [2.05, 4.69) is 36.5 Å². The van der Waals surface area contributed by atoms with Gasteiger partial charge in [0.2, 0.25) is 0 Å². The van der Waals surface area contributed by atoms with Crippen molar-refractivity contribution < 1.29 is 0 Å². The molecule has 0 amide bonds. The molecule has 0 bridgehead atoms. The zero-order chi connectivity index (χ0) is 14.1. The number of allylic oxidation sites excluding steroid dienone is 6. The summed E-state index contributed by atoms with van der Waals surface area (Å²) >= 11 is 0. The molecule has 0 atom stereocenters. The molecule has 0 saturated carbocycles.